The van der Waals surface area contributed by atoms with Crippen molar-refractivity contribution in [2.45, 2.75) is 44.3 Å². The summed E-state index contributed by atoms with van der Waals surface area (Å²) in [5.74, 6) is 0.731. The molecule has 1 aromatic carbocycles. The van der Waals surface area contributed by atoms with Gasteiger partial charge in [-0.3, -0.25) is 4.90 Å². The number of hydrogen-bond acceptors (Lipinski definition) is 2. The van der Waals surface area contributed by atoms with E-state index < -0.39 is 6.17 Å². The Kier molecular flexibility index (Phi) is 4.03. The van der Waals surface area contributed by atoms with E-state index in [-0.39, 0.29) is 5.92 Å². The number of benzene rings is 1. The normalized spacial score (nSPS) is 27.2. The lowest BCUT2D eigenvalue weighted by Crippen LogP contribution is -2.41. The van der Waals surface area contributed by atoms with Crippen molar-refractivity contribution in [1.82, 2.24) is 4.90 Å². The van der Waals surface area contributed by atoms with Crippen LogP contribution in [0.1, 0.15) is 42.7 Å². The van der Waals surface area contributed by atoms with Crippen LogP contribution in [0.4, 0.5) is 4.39 Å². The molecule has 1 aliphatic heterocycles. The van der Waals surface area contributed by atoms with Gasteiger partial charge in [0.1, 0.15) is 6.17 Å². The Morgan fingerprint density at radius 1 is 1.20 bits per heavy atom. The van der Waals surface area contributed by atoms with Gasteiger partial charge < -0.3 is 0 Å². The van der Waals surface area contributed by atoms with Crippen LogP contribution in [0.3, 0.4) is 0 Å². The first-order valence-electron chi connectivity index (χ1n) is 7.58. The highest BCUT2D eigenvalue weighted by Crippen LogP contribution is 2.40. The molecule has 1 saturated carbocycles. The fourth-order valence-corrected chi connectivity index (χ4v) is 3.08. The number of hydrogen-bond donors (Lipinski definition) is 0. The predicted molar refractivity (Wildman–Crippen MR) is 76.9 cm³/mol. The molecule has 0 spiro atoms. The van der Waals surface area contributed by atoms with Crippen LogP contribution >= 0.6 is 0 Å². The molecule has 1 aliphatic carbocycles. The van der Waals surface area contributed by atoms with E-state index in [2.05, 4.69) is 35.2 Å². The number of rotatable bonds is 4. The third kappa shape index (κ3) is 3.19. The van der Waals surface area contributed by atoms with Gasteiger partial charge in [0, 0.05) is 25.4 Å². The molecular formula is C17H21FN2. The molecule has 1 heterocycles. The van der Waals surface area contributed by atoms with Gasteiger partial charge in [-0.25, -0.2) is 4.39 Å². The van der Waals surface area contributed by atoms with Gasteiger partial charge in [0.25, 0.3) is 0 Å². The summed E-state index contributed by atoms with van der Waals surface area (Å²) in [7, 11) is 0. The monoisotopic (exact) mass is 272 g/mol. The molecule has 2 atom stereocenters. The fourth-order valence-electron chi connectivity index (χ4n) is 3.08. The highest BCUT2D eigenvalue weighted by atomic mass is 19.1. The smallest absolute Gasteiger partial charge is 0.117 e. The van der Waals surface area contributed by atoms with Crippen LogP contribution in [0.25, 0.3) is 0 Å². The topological polar surface area (TPSA) is 27.0 Å². The van der Waals surface area contributed by atoms with Gasteiger partial charge in [-0.15, -0.1) is 0 Å². The van der Waals surface area contributed by atoms with Crippen molar-refractivity contribution in [2.24, 2.45) is 5.92 Å². The summed E-state index contributed by atoms with van der Waals surface area (Å²) in [5.41, 5.74) is 2.71. The quantitative estimate of drug-likeness (QED) is 0.836. The first-order valence-corrected chi connectivity index (χ1v) is 7.58. The number of halogens is 1. The summed E-state index contributed by atoms with van der Waals surface area (Å²) in [5, 5.41) is 8.68. The standard InChI is InChI=1S/C17H21FN2/c18-17-12-20(10-8-16(17)7-9-19)11-13-1-3-14(4-2-13)15-5-6-15/h1-4,15-17H,5-8,10-12H2. The fraction of sp³-hybridized carbons (Fsp3) is 0.588. The van der Waals surface area contributed by atoms with Crippen molar-refractivity contribution in [3.05, 3.63) is 35.4 Å². The Bertz CT molecular complexity index is 487. The Balaban J connectivity index is 1.54. The van der Waals surface area contributed by atoms with E-state index in [0.29, 0.717) is 13.0 Å². The SMILES string of the molecule is N#CCC1CCN(Cc2ccc(C3CC3)cc2)CC1F. The summed E-state index contributed by atoms with van der Waals surface area (Å²) in [6.45, 7) is 2.19. The molecule has 0 bridgehead atoms. The van der Waals surface area contributed by atoms with Crippen LogP contribution in [0, 0.1) is 17.2 Å². The van der Waals surface area contributed by atoms with E-state index in [9.17, 15) is 4.39 Å². The first kappa shape index (κ1) is 13.6. The highest BCUT2D eigenvalue weighted by molar-refractivity contribution is 5.28. The van der Waals surface area contributed by atoms with Crippen LogP contribution in [0.15, 0.2) is 24.3 Å². The van der Waals surface area contributed by atoms with E-state index in [1.807, 2.05) is 0 Å². The molecule has 2 nitrogen and oxygen atoms in total. The van der Waals surface area contributed by atoms with Gasteiger partial charge in [-0.1, -0.05) is 24.3 Å². The molecule has 0 amide bonds. The minimum Gasteiger partial charge on any atom is -0.296 e. The van der Waals surface area contributed by atoms with Crippen LogP contribution < -0.4 is 0 Å². The molecular weight excluding hydrogens is 251 g/mol. The summed E-state index contributed by atoms with van der Waals surface area (Å²) in [4.78, 5) is 2.17. The van der Waals surface area contributed by atoms with Gasteiger partial charge in [-0.2, -0.15) is 5.26 Å². The van der Waals surface area contributed by atoms with Crippen LogP contribution in [0.5, 0.6) is 0 Å². The molecule has 3 rings (SSSR count). The average molecular weight is 272 g/mol. The Morgan fingerprint density at radius 2 is 1.95 bits per heavy atom. The molecule has 0 aromatic heterocycles. The lowest BCUT2D eigenvalue weighted by molar-refractivity contribution is 0.0821. The van der Waals surface area contributed by atoms with Gasteiger partial charge in [0.15, 0.2) is 0 Å². The molecule has 1 saturated heterocycles. The second-order valence-corrected chi connectivity index (χ2v) is 6.18. The van der Waals surface area contributed by atoms with Crippen LogP contribution in [-0.4, -0.2) is 24.2 Å². The summed E-state index contributed by atoms with van der Waals surface area (Å²) >= 11 is 0. The number of alkyl halides is 1. The maximum Gasteiger partial charge on any atom is 0.117 e. The van der Waals surface area contributed by atoms with Crippen molar-refractivity contribution in [1.29, 1.82) is 5.26 Å². The average Bonchev–Trinajstić information content (AvgIpc) is 3.27. The van der Waals surface area contributed by atoms with E-state index >= 15 is 0 Å². The van der Waals surface area contributed by atoms with Crippen molar-refractivity contribution in [2.75, 3.05) is 13.1 Å². The molecule has 2 unspecified atom stereocenters. The van der Waals surface area contributed by atoms with Gasteiger partial charge >= 0.3 is 0 Å². The Labute approximate surface area is 120 Å². The number of nitrogens with zero attached hydrogens (tertiary/aromatic N) is 2. The van der Waals surface area contributed by atoms with Crippen molar-refractivity contribution >= 4 is 0 Å². The zero-order valence-corrected chi connectivity index (χ0v) is 11.8. The third-order valence-corrected chi connectivity index (χ3v) is 4.55. The lowest BCUT2D eigenvalue weighted by atomic mass is 9.92. The summed E-state index contributed by atoms with van der Waals surface area (Å²) < 4.78 is 14.0. The van der Waals surface area contributed by atoms with E-state index in [4.69, 9.17) is 5.26 Å². The van der Waals surface area contributed by atoms with Crippen LogP contribution in [-0.2, 0) is 6.54 Å². The predicted octanol–water partition coefficient (Wildman–Crippen LogP) is 3.64. The van der Waals surface area contributed by atoms with E-state index in [1.165, 1.54) is 24.0 Å². The summed E-state index contributed by atoms with van der Waals surface area (Å²) in [6.07, 6.45) is 2.96. The van der Waals surface area contributed by atoms with Crippen molar-refractivity contribution in [3.8, 4) is 6.07 Å². The Morgan fingerprint density at radius 3 is 2.55 bits per heavy atom. The second-order valence-electron chi connectivity index (χ2n) is 6.18. The number of piperidine rings is 1. The third-order valence-electron chi connectivity index (χ3n) is 4.55. The minimum atomic E-state index is -0.853. The molecule has 1 aromatic rings. The van der Waals surface area contributed by atoms with Crippen molar-refractivity contribution < 1.29 is 4.39 Å². The van der Waals surface area contributed by atoms with Gasteiger partial charge in [0.05, 0.1) is 6.07 Å². The zero-order valence-electron chi connectivity index (χ0n) is 11.8. The summed E-state index contributed by atoms with van der Waals surface area (Å²) in [6, 6.07) is 10.9. The van der Waals surface area contributed by atoms with Gasteiger partial charge in [0.2, 0.25) is 0 Å². The largest absolute Gasteiger partial charge is 0.296 e. The first-order chi connectivity index (χ1) is 9.76. The molecule has 2 fully saturated rings. The molecule has 0 N–H and O–H groups in total. The molecule has 20 heavy (non-hydrogen) atoms. The maximum absolute atomic E-state index is 14.0. The number of likely N-dealkylation sites (tertiary alicyclic amines) is 1. The van der Waals surface area contributed by atoms with Crippen molar-refractivity contribution in [3.63, 3.8) is 0 Å². The Hall–Kier alpha value is -1.40. The highest BCUT2D eigenvalue weighted by Gasteiger charge is 2.29. The van der Waals surface area contributed by atoms with E-state index in [1.54, 1.807) is 0 Å². The lowest BCUT2D eigenvalue weighted by Gasteiger charge is -2.33. The van der Waals surface area contributed by atoms with Crippen LogP contribution in [0.2, 0.25) is 0 Å². The molecule has 0 radical (unpaired) electrons. The molecule has 106 valence electrons. The second kappa shape index (κ2) is 5.93. The zero-order chi connectivity index (χ0) is 13.9. The molecule has 2 aliphatic rings. The minimum absolute atomic E-state index is 0.0616. The van der Waals surface area contributed by atoms with Gasteiger partial charge in [-0.05, 0) is 42.9 Å². The maximum atomic E-state index is 14.0. The van der Waals surface area contributed by atoms with E-state index in [0.717, 1.165) is 25.4 Å². The number of nitriles is 1. The molecule has 3 heteroatoms.